The summed E-state index contributed by atoms with van der Waals surface area (Å²) in [5.74, 6) is 0. The number of aliphatic hydroxyl groups excluding tert-OH is 2. The van der Waals surface area contributed by atoms with Gasteiger partial charge in [0.15, 0.2) is 0 Å². The zero-order chi connectivity index (χ0) is 8.27. The first-order valence-corrected chi connectivity index (χ1v) is 3.43. The molecule has 0 radical (unpaired) electrons. The molecule has 0 saturated heterocycles. The lowest BCUT2D eigenvalue weighted by atomic mass is 10.1. The van der Waals surface area contributed by atoms with Crippen molar-refractivity contribution in [1.29, 1.82) is 0 Å². The summed E-state index contributed by atoms with van der Waals surface area (Å²) in [5.41, 5.74) is 0. The fraction of sp³-hybridized carbons (Fsp3) is 0.714. The third kappa shape index (κ3) is 1.92. The fourth-order valence-electron chi connectivity index (χ4n) is 0.943. The standard InChI is InChI=1S/C7H12O4/c1-10-4-6-7(9)5(8)2-3-11-6/h2-3,5-9H,4H2,1H3. The summed E-state index contributed by atoms with van der Waals surface area (Å²) >= 11 is 0. The molecule has 4 heteroatoms. The molecule has 1 heterocycles. The summed E-state index contributed by atoms with van der Waals surface area (Å²) < 4.78 is 9.76. The van der Waals surface area contributed by atoms with Gasteiger partial charge in [-0.1, -0.05) is 0 Å². The average Bonchev–Trinajstić information content (AvgIpc) is 1.99. The molecular weight excluding hydrogens is 148 g/mol. The van der Waals surface area contributed by atoms with Crippen LogP contribution in [0.1, 0.15) is 0 Å². The second kappa shape index (κ2) is 3.71. The van der Waals surface area contributed by atoms with Crippen molar-refractivity contribution >= 4 is 0 Å². The van der Waals surface area contributed by atoms with Gasteiger partial charge in [-0.15, -0.1) is 0 Å². The van der Waals surface area contributed by atoms with Crippen LogP contribution in [0.3, 0.4) is 0 Å². The van der Waals surface area contributed by atoms with E-state index in [0.29, 0.717) is 0 Å². The minimum Gasteiger partial charge on any atom is -0.493 e. The topological polar surface area (TPSA) is 58.9 Å². The van der Waals surface area contributed by atoms with Crippen LogP contribution in [-0.2, 0) is 9.47 Å². The Labute approximate surface area is 65.0 Å². The maximum absolute atomic E-state index is 9.26. The molecule has 2 N–H and O–H groups in total. The molecule has 0 aliphatic carbocycles. The van der Waals surface area contributed by atoms with Gasteiger partial charge in [0.2, 0.25) is 0 Å². The van der Waals surface area contributed by atoms with Crippen LogP contribution in [-0.4, -0.2) is 42.2 Å². The van der Waals surface area contributed by atoms with E-state index >= 15 is 0 Å². The molecule has 0 spiro atoms. The van der Waals surface area contributed by atoms with E-state index < -0.39 is 18.3 Å². The van der Waals surface area contributed by atoms with Gasteiger partial charge >= 0.3 is 0 Å². The molecule has 0 amide bonds. The Morgan fingerprint density at radius 1 is 1.55 bits per heavy atom. The number of hydrogen-bond acceptors (Lipinski definition) is 4. The molecule has 0 saturated carbocycles. The van der Waals surface area contributed by atoms with E-state index in [9.17, 15) is 5.11 Å². The third-order valence-corrected chi connectivity index (χ3v) is 1.59. The molecule has 11 heavy (non-hydrogen) atoms. The number of hydrogen-bond donors (Lipinski definition) is 2. The third-order valence-electron chi connectivity index (χ3n) is 1.59. The van der Waals surface area contributed by atoms with Gasteiger partial charge in [-0.2, -0.15) is 0 Å². The van der Waals surface area contributed by atoms with Crippen molar-refractivity contribution in [3.8, 4) is 0 Å². The smallest absolute Gasteiger partial charge is 0.150 e. The van der Waals surface area contributed by atoms with Crippen LogP contribution in [0.15, 0.2) is 12.3 Å². The fourth-order valence-corrected chi connectivity index (χ4v) is 0.943. The zero-order valence-corrected chi connectivity index (χ0v) is 6.30. The maximum Gasteiger partial charge on any atom is 0.150 e. The Bertz CT molecular complexity index is 145. The van der Waals surface area contributed by atoms with E-state index in [1.807, 2.05) is 0 Å². The second-order valence-electron chi connectivity index (χ2n) is 2.44. The monoisotopic (exact) mass is 160 g/mol. The van der Waals surface area contributed by atoms with Crippen LogP contribution in [0.4, 0.5) is 0 Å². The van der Waals surface area contributed by atoms with Crippen LogP contribution >= 0.6 is 0 Å². The Hall–Kier alpha value is -0.580. The predicted molar refractivity (Wildman–Crippen MR) is 37.9 cm³/mol. The zero-order valence-electron chi connectivity index (χ0n) is 6.30. The molecule has 1 aliphatic heterocycles. The average molecular weight is 160 g/mol. The highest BCUT2D eigenvalue weighted by atomic mass is 16.5. The molecule has 1 rings (SSSR count). The van der Waals surface area contributed by atoms with E-state index in [0.717, 1.165) is 0 Å². The normalized spacial score (nSPS) is 36.8. The first-order chi connectivity index (χ1) is 5.25. The van der Waals surface area contributed by atoms with Gasteiger partial charge < -0.3 is 19.7 Å². The highest BCUT2D eigenvalue weighted by Gasteiger charge is 2.28. The van der Waals surface area contributed by atoms with Crippen LogP contribution in [0.5, 0.6) is 0 Å². The lowest BCUT2D eigenvalue weighted by Crippen LogP contribution is -2.42. The maximum atomic E-state index is 9.26. The van der Waals surface area contributed by atoms with Gasteiger partial charge in [-0.05, 0) is 6.08 Å². The summed E-state index contributed by atoms with van der Waals surface area (Å²) in [4.78, 5) is 0. The number of rotatable bonds is 2. The summed E-state index contributed by atoms with van der Waals surface area (Å²) in [6.45, 7) is 0.280. The van der Waals surface area contributed by atoms with Crippen molar-refractivity contribution in [2.45, 2.75) is 18.3 Å². The first-order valence-electron chi connectivity index (χ1n) is 3.43. The van der Waals surface area contributed by atoms with Crippen molar-refractivity contribution in [2.24, 2.45) is 0 Å². The van der Waals surface area contributed by atoms with Gasteiger partial charge in [-0.3, -0.25) is 0 Å². The van der Waals surface area contributed by atoms with Crippen LogP contribution in [0.2, 0.25) is 0 Å². The van der Waals surface area contributed by atoms with E-state index in [2.05, 4.69) is 0 Å². The predicted octanol–water partition coefficient (Wildman–Crippen LogP) is -0.733. The van der Waals surface area contributed by atoms with Crippen LogP contribution in [0.25, 0.3) is 0 Å². The highest BCUT2D eigenvalue weighted by molar-refractivity contribution is 4.96. The molecule has 4 nitrogen and oxygen atoms in total. The Balaban J connectivity index is 2.48. The lowest BCUT2D eigenvalue weighted by molar-refractivity contribution is -0.0869. The molecule has 0 aromatic carbocycles. The Kier molecular flexibility index (Phi) is 2.87. The van der Waals surface area contributed by atoms with Gasteiger partial charge in [-0.25, -0.2) is 0 Å². The van der Waals surface area contributed by atoms with E-state index in [1.54, 1.807) is 0 Å². The summed E-state index contributed by atoms with van der Waals surface area (Å²) in [6.07, 6.45) is 0.585. The second-order valence-corrected chi connectivity index (χ2v) is 2.44. The molecule has 0 aromatic rings. The summed E-state index contributed by atoms with van der Waals surface area (Å²) in [6, 6.07) is 0. The molecular formula is C7H12O4. The molecule has 0 aromatic heterocycles. The van der Waals surface area contributed by atoms with E-state index in [4.69, 9.17) is 14.6 Å². The molecule has 3 unspecified atom stereocenters. The SMILES string of the molecule is COCC1OC=CC(O)C1O. The highest BCUT2D eigenvalue weighted by Crippen LogP contribution is 2.11. The summed E-state index contributed by atoms with van der Waals surface area (Å²) in [5, 5.41) is 18.4. The van der Waals surface area contributed by atoms with Crippen molar-refractivity contribution in [3.63, 3.8) is 0 Å². The molecule has 0 bridgehead atoms. The van der Waals surface area contributed by atoms with E-state index in [-0.39, 0.29) is 6.61 Å². The molecule has 1 aliphatic rings. The first kappa shape index (κ1) is 8.52. The quantitative estimate of drug-likeness (QED) is 0.559. The van der Waals surface area contributed by atoms with Crippen LogP contribution in [0, 0.1) is 0 Å². The number of methoxy groups -OCH3 is 1. The number of aliphatic hydroxyl groups is 2. The Morgan fingerprint density at radius 3 is 2.91 bits per heavy atom. The largest absolute Gasteiger partial charge is 0.493 e. The van der Waals surface area contributed by atoms with Gasteiger partial charge in [0.1, 0.15) is 18.3 Å². The minimum atomic E-state index is -0.889. The van der Waals surface area contributed by atoms with E-state index in [1.165, 1.54) is 19.4 Å². The number of ether oxygens (including phenoxy) is 2. The summed E-state index contributed by atoms with van der Waals surface area (Å²) in [7, 11) is 1.51. The lowest BCUT2D eigenvalue weighted by Gasteiger charge is -2.27. The minimum absolute atomic E-state index is 0.280. The van der Waals surface area contributed by atoms with Gasteiger partial charge in [0, 0.05) is 7.11 Å². The van der Waals surface area contributed by atoms with Gasteiger partial charge in [0.25, 0.3) is 0 Å². The van der Waals surface area contributed by atoms with Crippen LogP contribution < -0.4 is 0 Å². The van der Waals surface area contributed by atoms with Gasteiger partial charge in [0.05, 0.1) is 12.9 Å². The molecule has 3 atom stereocenters. The molecule has 0 fully saturated rings. The van der Waals surface area contributed by atoms with Crippen molar-refractivity contribution < 1.29 is 19.7 Å². The van der Waals surface area contributed by atoms with Crippen molar-refractivity contribution in [3.05, 3.63) is 12.3 Å². The van der Waals surface area contributed by atoms with Crippen molar-refractivity contribution in [2.75, 3.05) is 13.7 Å². The molecule has 64 valence electrons. The van der Waals surface area contributed by atoms with Crippen molar-refractivity contribution in [1.82, 2.24) is 0 Å². The Morgan fingerprint density at radius 2 is 2.27 bits per heavy atom.